The first-order valence-electron chi connectivity index (χ1n) is 4.60. The van der Waals surface area contributed by atoms with Crippen LogP contribution in [0.5, 0.6) is 0 Å². The summed E-state index contributed by atoms with van der Waals surface area (Å²) in [6.07, 6.45) is 1.08. The van der Waals surface area contributed by atoms with E-state index in [2.05, 4.69) is 5.43 Å². The molecule has 1 aromatic rings. The largest absolute Gasteiger partial charge is 0.285 e. The molecular weight excluding hydrogens is 228 g/mol. The minimum absolute atomic E-state index is 0.0364. The molecule has 0 fully saturated rings. The summed E-state index contributed by atoms with van der Waals surface area (Å²) in [6, 6.07) is 6.11. The van der Waals surface area contributed by atoms with Crippen molar-refractivity contribution in [3.8, 4) is 0 Å². The van der Waals surface area contributed by atoms with Crippen molar-refractivity contribution in [1.82, 2.24) is 10.4 Å². The van der Waals surface area contributed by atoms with Gasteiger partial charge < -0.3 is 0 Å². The molecule has 0 bridgehead atoms. The highest BCUT2D eigenvalue weighted by atomic mass is 32.2. The molecule has 5 nitrogen and oxygen atoms in total. The Morgan fingerprint density at radius 1 is 1.25 bits per heavy atom. The third kappa shape index (κ3) is 3.04. The van der Waals surface area contributed by atoms with Crippen LogP contribution in [0.4, 0.5) is 0 Å². The van der Waals surface area contributed by atoms with Gasteiger partial charge in [-0.05, 0) is 12.1 Å². The number of sulfone groups is 1. The van der Waals surface area contributed by atoms with Crippen LogP contribution in [0, 0.1) is 0 Å². The molecule has 0 aliphatic rings. The summed E-state index contributed by atoms with van der Waals surface area (Å²) in [7, 11) is -0.0862. The highest BCUT2D eigenvalue weighted by Crippen LogP contribution is 2.14. The first-order valence-corrected chi connectivity index (χ1v) is 6.49. The predicted octanol–water partition coefficient (Wildman–Crippen LogP) is 0.296. The highest BCUT2D eigenvalue weighted by molar-refractivity contribution is 7.90. The van der Waals surface area contributed by atoms with Gasteiger partial charge in [-0.3, -0.25) is 10.2 Å². The van der Waals surface area contributed by atoms with Crippen LogP contribution in [0.2, 0.25) is 0 Å². The quantitative estimate of drug-likeness (QED) is 0.774. The zero-order valence-corrected chi connectivity index (χ0v) is 10.2. The van der Waals surface area contributed by atoms with Gasteiger partial charge in [0.1, 0.15) is 0 Å². The summed E-state index contributed by atoms with van der Waals surface area (Å²) < 4.78 is 22.9. The molecule has 88 valence electrons. The Hall–Kier alpha value is -1.40. The lowest BCUT2D eigenvalue weighted by atomic mass is 10.2. The summed E-state index contributed by atoms with van der Waals surface area (Å²) >= 11 is 0. The molecule has 0 saturated carbocycles. The van der Waals surface area contributed by atoms with Gasteiger partial charge in [-0.15, -0.1) is 0 Å². The van der Waals surface area contributed by atoms with E-state index >= 15 is 0 Å². The molecule has 0 radical (unpaired) electrons. The third-order valence-electron chi connectivity index (χ3n) is 1.86. The Morgan fingerprint density at radius 2 is 1.81 bits per heavy atom. The second kappa shape index (κ2) is 4.63. The maximum atomic E-state index is 11.7. The molecule has 1 N–H and O–H groups in total. The fourth-order valence-electron chi connectivity index (χ4n) is 1.24. The van der Waals surface area contributed by atoms with Crippen LogP contribution in [0.3, 0.4) is 0 Å². The Labute approximate surface area is 95.0 Å². The van der Waals surface area contributed by atoms with E-state index in [0.29, 0.717) is 0 Å². The number of nitrogens with one attached hydrogen (secondary N) is 1. The molecule has 0 aliphatic heterocycles. The summed E-state index contributed by atoms with van der Waals surface area (Å²) in [4.78, 5) is 11.7. The first kappa shape index (κ1) is 12.7. The Balaban J connectivity index is 3.19. The standard InChI is InChI=1S/C10H14N2O3S/c1-12(2)11-10(13)8-6-4-5-7-9(8)16(3,14)15/h4-7H,1-3H3,(H,11,13). The molecule has 0 aromatic heterocycles. The van der Waals surface area contributed by atoms with Crippen molar-refractivity contribution in [1.29, 1.82) is 0 Å². The minimum Gasteiger partial charge on any atom is -0.285 e. The van der Waals surface area contributed by atoms with Crippen molar-refractivity contribution in [2.45, 2.75) is 4.90 Å². The highest BCUT2D eigenvalue weighted by Gasteiger charge is 2.17. The number of hydrogen-bond donors (Lipinski definition) is 1. The van der Waals surface area contributed by atoms with Gasteiger partial charge >= 0.3 is 0 Å². The van der Waals surface area contributed by atoms with E-state index in [-0.39, 0.29) is 10.5 Å². The van der Waals surface area contributed by atoms with Crippen LogP contribution >= 0.6 is 0 Å². The van der Waals surface area contributed by atoms with E-state index in [1.54, 1.807) is 26.2 Å². The van der Waals surface area contributed by atoms with Crippen molar-refractivity contribution >= 4 is 15.7 Å². The molecule has 0 aliphatic carbocycles. The van der Waals surface area contributed by atoms with Gasteiger partial charge in [-0.2, -0.15) is 0 Å². The van der Waals surface area contributed by atoms with E-state index in [1.165, 1.54) is 17.1 Å². The maximum absolute atomic E-state index is 11.7. The first-order chi connectivity index (χ1) is 7.32. The minimum atomic E-state index is -3.39. The van der Waals surface area contributed by atoms with Crippen LogP contribution in [0.15, 0.2) is 29.2 Å². The van der Waals surface area contributed by atoms with E-state index in [1.807, 2.05) is 0 Å². The average Bonchev–Trinajstić information content (AvgIpc) is 2.15. The van der Waals surface area contributed by atoms with Crippen LogP contribution in [0.1, 0.15) is 10.4 Å². The molecule has 6 heteroatoms. The molecule has 0 saturated heterocycles. The number of carbonyl (C=O) groups is 1. The van der Waals surface area contributed by atoms with Gasteiger partial charge in [0, 0.05) is 20.4 Å². The number of rotatable bonds is 3. The number of amides is 1. The van der Waals surface area contributed by atoms with Gasteiger partial charge in [0.05, 0.1) is 10.5 Å². The Morgan fingerprint density at radius 3 is 2.31 bits per heavy atom. The Kier molecular flexibility index (Phi) is 3.66. The van der Waals surface area contributed by atoms with Crippen molar-refractivity contribution in [2.24, 2.45) is 0 Å². The topological polar surface area (TPSA) is 66.5 Å². The van der Waals surface area contributed by atoms with Gasteiger partial charge in [0.15, 0.2) is 9.84 Å². The molecule has 1 amide bonds. The van der Waals surface area contributed by atoms with Crippen molar-refractivity contribution in [2.75, 3.05) is 20.4 Å². The van der Waals surface area contributed by atoms with E-state index < -0.39 is 15.7 Å². The smallest absolute Gasteiger partial charge is 0.266 e. The zero-order valence-electron chi connectivity index (χ0n) is 9.39. The van der Waals surface area contributed by atoms with Gasteiger partial charge in [-0.25, -0.2) is 13.4 Å². The van der Waals surface area contributed by atoms with Crippen molar-refractivity contribution in [3.63, 3.8) is 0 Å². The molecule has 1 rings (SSSR count). The number of nitrogens with zero attached hydrogens (tertiary/aromatic N) is 1. The average molecular weight is 242 g/mol. The maximum Gasteiger partial charge on any atom is 0.266 e. The van der Waals surface area contributed by atoms with Crippen molar-refractivity contribution in [3.05, 3.63) is 29.8 Å². The molecular formula is C10H14N2O3S. The molecule has 0 atom stereocenters. The zero-order chi connectivity index (χ0) is 12.3. The monoisotopic (exact) mass is 242 g/mol. The fraction of sp³-hybridized carbons (Fsp3) is 0.300. The SMILES string of the molecule is CN(C)NC(=O)c1ccccc1S(C)(=O)=O. The molecule has 0 heterocycles. The van der Waals surface area contributed by atoms with Gasteiger partial charge in [-0.1, -0.05) is 12.1 Å². The number of carbonyl (C=O) groups excluding carboxylic acids is 1. The number of hydrogen-bond acceptors (Lipinski definition) is 4. The second-order valence-electron chi connectivity index (χ2n) is 3.60. The molecule has 16 heavy (non-hydrogen) atoms. The lowest BCUT2D eigenvalue weighted by Crippen LogP contribution is -2.36. The van der Waals surface area contributed by atoms with Crippen LogP contribution < -0.4 is 5.43 Å². The third-order valence-corrected chi connectivity index (χ3v) is 3.01. The van der Waals surface area contributed by atoms with Gasteiger partial charge in [0.2, 0.25) is 0 Å². The molecule has 1 aromatic carbocycles. The van der Waals surface area contributed by atoms with Crippen molar-refractivity contribution < 1.29 is 13.2 Å². The number of hydrazine groups is 1. The van der Waals surface area contributed by atoms with Crippen LogP contribution in [-0.2, 0) is 9.84 Å². The number of benzene rings is 1. The molecule has 0 unspecified atom stereocenters. The van der Waals surface area contributed by atoms with E-state index in [4.69, 9.17) is 0 Å². The van der Waals surface area contributed by atoms with Crippen LogP contribution in [-0.4, -0.2) is 39.7 Å². The Bertz CT molecular complexity index is 495. The van der Waals surface area contributed by atoms with Gasteiger partial charge in [0.25, 0.3) is 5.91 Å². The second-order valence-corrected chi connectivity index (χ2v) is 5.59. The van der Waals surface area contributed by atoms with E-state index in [0.717, 1.165) is 6.26 Å². The van der Waals surface area contributed by atoms with Crippen LogP contribution in [0.25, 0.3) is 0 Å². The summed E-state index contributed by atoms with van der Waals surface area (Å²) in [5, 5.41) is 1.46. The lowest BCUT2D eigenvalue weighted by molar-refractivity contribution is 0.0853. The van der Waals surface area contributed by atoms with E-state index in [9.17, 15) is 13.2 Å². The molecule has 0 spiro atoms. The summed E-state index contributed by atoms with van der Waals surface area (Å²) in [6.45, 7) is 0. The predicted molar refractivity (Wildman–Crippen MR) is 60.7 cm³/mol. The lowest BCUT2D eigenvalue weighted by Gasteiger charge is -2.13. The normalized spacial score (nSPS) is 11.5. The summed E-state index contributed by atoms with van der Waals surface area (Å²) in [5.74, 6) is -0.439. The fourth-order valence-corrected chi connectivity index (χ4v) is 2.13. The summed E-state index contributed by atoms with van der Waals surface area (Å²) in [5.41, 5.74) is 2.65.